The molecule has 0 spiro atoms. The topological polar surface area (TPSA) is 12.0 Å². The lowest BCUT2D eigenvalue weighted by atomic mass is 9.99. The van der Waals surface area contributed by atoms with Gasteiger partial charge in [0, 0.05) is 6.04 Å². The molecule has 0 amide bonds. The molecule has 0 bridgehead atoms. The summed E-state index contributed by atoms with van der Waals surface area (Å²) in [4.78, 5) is 0. The molecule has 1 aromatic rings. The second kappa shape index (κ2) is 6.09. The van der Waals surface area contributed by atoms with Gasteiger partial charge in [0.15, 0.2) is 0 Å². The molecule has 1 nitrogen and oxygen atoms in total. The molecule has 3 rings (SSSR count). The molecule has 1 atom stereocenters. The van der Waals surface area contributed by atoms with Gasteiger partial charge in [0.05, 0.1) is 0 Å². The largest absolute Gasteiger partial charge is 0.314 e. The van der Waals surface area contributed by atoms with Crippen molar-refractivity contribution in [3.63, 3.8) is 0 Å². The van der Waals surface area contributed by atoms with Crippen molar-refractivity contribution < 1.29 is 0 Å². The molecule has 1 fully saturated rings. The van der Waals surface area contributed by atoms with Gasteiger partial charge in [-0.2, -0.15) is 0 Å². The Balaban J connectivity index is 1.49. The van der Waals surface area contributed by atoms with Crippen molar-refractivity contribution in [3.05, 3.63) is 34.9 Å². The molecule has 0 aliphatic heterocycles. The predicted molar refractivity (Wildman–Crippen MR) is 81.6 cm³/mol. The molecule has 1 unspecified atom stereocenters. The molecule has 2 aliphatic carbocycles. The fourth-order valence-electron chi connectivity index (χ4n) is 3.57. The van der Waals surface area contributed by atoms with Gasteiger partial charge in [-0.05, 0) is 80.5 Å². The third-order valence-corrected chi connectivity index (χ3v) is 4.80. The highest BCUT2D eigenvalue weighted by atomic mass is 14.9. The molecule has 104 valence electrons. The summed E-state index contributed by atoms with van der Waals surface area (Å²) in [6, 6.07) is 8.01. The summed E-state index contributed by atoms with van der Waals surface area (Å²) < 4.78 is 0. The van der Waals surface area contributed by atoms with Crippen LogP contribution in [0.3, 0.4) is 0 Å². The van der Waals surface area contributed by atoms with E-state index in [9.17, 15) is 0 Å². The molecule has 1 saturated carbocycles. The first-order valence-electron chi connectivity index (χ1n) is 8.21. The van der Waals surface area contributed by atoms with E-state index in [4.69, 9.17) is 0 Å². The van der Waals surface area contributed by atoms with Crippen LogP contribution >= 0.6 is 0 Å². The predicted octanol–water partition coefficient (Wildman–Crippen LogP) is 3.89. The highest BCUT2D eigenvalue weighted by Crippen LogP contribution is 2.34. The Morgan fingerprint density at radius 2 is 2.05 bits per heavy atom. The van der Waals surface area contributed by atoms with Gasteiger partial charge >= 0.3 is 0 Å². The summed E-state index contributed by atoms with van der Waals surface area (Å²) in [6.45, 7) is 3.36. The first-order chi connectivity index (χ1) is 9.36. The molecule has 2 aliphatic rings. The SMILES string of the molecule is CCNC(CCCc1ccc2c(c1)CCC2)C1CC1. The molecular formula is C18H27N. The van der Waals surface area contributed by atoms with Crippen molar-refractivity contribution in [2.75, 3.05) is 6.54 Å². The number of fused-ring (bicyclic) bond motifs is 1. The van der Waals surface area contributed by atoms with E-state index in [1.54, 1.807) is 16.7 Å². The summed E-state index contributed by atoms with van der Waals surface area (Å²) in [7, 11) is 0. The molecule has 0 heterocycles. The molecular weight excluding hydrogens is 230 g/mol. The summed E-state index contributed by atoms with van der Waals surface area (Å²) in [5.41, 5.74) is 4.79. The minimum Gasteiger partial charge on any atom is -0.314 e. The minimum atomic E-state index is 0.791. The Bertz CT molecular complexity index is 420. The number of rotatable bonds is 7. The van der Waals surface area contributed by atoms with E-state index in [0.29, 0.717) is 0 Å². The van der Waals surface area contributed by atoms with E-state index in [-0.39, 0.29) is 0 Å². The van der Waals surface area contributed by atoms with Gasteiger partial charge in [-0.25, -0.2) is 0 Å². The van der Waals surface area contributed by atoms with E-state index >= 15 is 0 Å². The first-order valence-corrected chi connectivity index (χ1v) is 8.21. The fraction of sp³-hybridized carbons (Fsp3) is 0.667. The number of hydrogen-bond donors (Lipinski definition) is 1. The van der Waals surface area contributed by atoms with Crippen LogP contribution in [-0.4, -0.2) is 12.6 Å². The monoisotopic (exact) mass is 257 g/mol. The average molecular weight is 257 g/mol. The van der Waals surface area contributed by atoms with Crippen LogP contribution in [0.25, 0.3) is 0 Å². The number of nitrogens with one attached hydrogen (secondary N) is 1. The van der Waals surface area contributed by atoms with Crippen LogP contribution in [0.5, 0.6) is 0 Å². The maximum atomic E-state index is 3.67. The number of aryl methyl sites for hydroxylation is 3. The van der Waals surface area contributed by atoms with Crippen molar-refractivity contribution in [2.24, 2.45) is 5.92 Å². The fourth-order valence-corrected chi connectivity index (χ4v) is 3.57. The van der Waals surface area contributed by atoms with Crippen molar-refractivity contribution in [1.29, 1.82) is 0 Å². The van der Waals surface area contributed by atoms with E-state index < -0.39 is 0 Å². The zero-order chi connectivity index (χ0) is 13.1. The van der Waals surface area contributed by atoms with Gasteiger partial charge < -0.3 is 5.32 Å². The van der Waals surface area contributed by atoms with Crippen LogP contribution in [0.4, 0.5) is 0 Å². The second-order valence-electron chi connectivity index (χ2n) is 6.35. The summed E-state index contributed by atoms with van der Waals surface area (Å²) >= 11 is 0. The Labute approximate surface area is 117 Å². The van der Waals surface area contributed by atoms with Gasteiger partial charge in [0.1, 0.15) is 0 Å². The van der Waals surface area contributed by atoms with Gasteiger partial charge in [-0.3, -0.25) is 0 Å². The first kappa shape index (κ1) is 13.2. The van der Waals surface area contributed by atoms with E-state index in [2.05, 4.69) is 30.4 Å². The molecule has 19 heavy (non-hydrogen) atoms. The highest BCUT2D eigenvalue weighted by Gasteiger charge is 2.29. The van der Waals surface area contributed by atoms with Crippen molar-refractivity contribution >= 4 is 0 Å². The summed E-state index contributed by atoms with van der Waals surface area (Å²) in [6.07, 6.45) is 10.9. The van der Waals surface area contributed by atoms with E-state index in [1.165, 1.54) is 51.4 Å². The normalized spacial score (nSPS) is 19.4. The van der Waals surface area contributed by atoms with E-state index in [1.807, 2.05) is 0 Å². The zero-order valence-corrected chi connectivity index (χ0v) is 12.3. The smallest absolute Gasteiger partial charge is 0.00953 e. The average Bonchev–Trinajstić information content (AvgIpc) is 3.16. The standard InChI is InChI=1S/C18H27N/c1-2-19-18(16-11-12-16)8-3-5-14-9-10-15-6-4-7-17(15)13-14/h9-10,13,16,18-19H,2-8,11-12H2,1H3. The molecule has 0 saturated heterocycles. The van der Waals surface area contributed by atoms with Crippen LogP contribution in [0, 0.1) is 5.92 Å². The lowest BCUT2D eigenvalue weighted by molar-refractivity contribution is 0.434. The Morgan fingerprint density at radius 3 is 2.84 bits per heavy atom. The van der Waals surface area contributed by atoms with Crippen LogP contribution in [0.1, 0.15) is 55.7 Å². The summed E-state index contributed by atoms with van der Waals surface area (Å²) in [5, 5.41) is 3.67. The molecule has 0 radical (unpaired) electrons. The molecule has 0 aromatic heterocycles. The van der Waals surface area contributed by atoms with E-state index in [0.717, 1.165) is 18.5 Å². The molecule has 1 N–H and O–H groups in total. The van der Waals surface area contributed by atoms with Crippen LogP contribution in [0.15, 0.2) is 18.2 Å². The van der Waals surface area contributed by atoms with Gasteiger partial charge in [0.2, 0.25) is 0 Å². The maximum absolute atomic E-state index is 3.67. The lowest BCUT2D eigenvalue weighted by Gasteiger charge is -2.17. The minimum absolute atomic E-state index is 0.791. The number of hydrogen-bond acceptors (Lipinski definition) is 1. The maximum Gasteiger partial charge on any atom is 0.00953 e. The molecule has 1 aromatic carbocycles. The van der Waals surface area contributed by atoms with Crippen molar-refractivity contribution in [3.8, 4) is 0 Å². The van der Waals surface area contributed by atoms with Crippen molar-refractivity contribution in [2.45, 2.75) is 64.3 Å². The Morgan fingerprint density at radius 1 is 1.21 bits per heavy atom. The third kappa shape index (κ3) is 3.39. The molecule has 1 heteroatoms. The van der Waals surface area contributed by atoms with Crippen molar-refractivity contribution in [1.82, 2.24) is 5.32 Å². The van der Waals surface area contributed by atoms with Crippen LogP contribution < -0.4 is 5.32 Å². The zero-order valence-electron chi connectivity index (χ0n) is 12.3. The summed E-state index contributed by atoms with van der Waals surface area (Å²) in [5.74, 6) is 0.986. The van der Waals surface area contributed by atoms with Crippen LogP contribution in [-0.2, 0) is 19.3 Å². The number of benzene rings is 1. The van der Waals surface area contributed by atoms with Gasteiger partial charge in [0.25, 0.3) is 0 Å². The van der Waals surface area contributed by atoms with Crippen LogP contribution in [0.2, 0.25) is 0 Å². The Kier molecular flexibility index (Phi) is 4.22. The second-order valence-corrected chi connectivity index (χ2v) is 6.35. The highest BCUT2D eigenvalue weighted by molar-refractivity contribution is 5.35. The quantitative estimate of drug-likeness (QED) is 0.781. The van der Waals surface area contributed by atoms with Gasteiger partial charge in [-0.1, -0.05) is 25.1 Å². The van der Waals surface area contributed by atoms with Gasteiger partial charge in [-0.15, -0.1) is 0 Å². The lowest BCUT2D eigenvalue weighted by Crippen LogP contribution is -2.30. The third-order valence-electron chi connectivity index (χ3n) is 4.80. The Hall–Kier alpha value is -0.820.